The molecule has 1 rings (SSSR count). The van der Waals surface area contributed by atoms with Crippen molar-refractivity contribution >= 4 is 17.7 Å². The van der Waals surface area contributed by atoms with Gasteiger partial charge in [0.25, 0.3) is 0 Å². The number of aromatic nitrogens is 3. The Kier molecular flexibility index (Phi) is 5.95. The molecule has 8 heteroatoms. The predicted octanol–water partition coefficient (Wildman–Crippen LogP) is -0.871. The summed E-state index contributed by atoms with van der Waals surface area (Å²) in [5, 5.41) is 11.3. The smallest absolute Gasteiger partial charge is 0.230 e. The van der Waals surface area contributed by atoms with Crippen LogP contribution in [0.1, 0.15) is 5.82 Å². The third-order valence-corrected chi connectivity index (χ3v) is 3.09. The highest BCUT2D eigenvalue weighted by molar-refractivity contribution is 7.99. The highest BCUT2D eigenvalue weighted by Gasteiger charge is 2.09. The van der Waals surface area contributed by atoms with E-state index in [1.54, 1.807) is 11.7 Å². The number of carbonyl (C=O) groups is 1. The van der Waals surface area contributed by atoms with Crippen molar-refractivity contribution in [1.82, 2.24) is 20.1 Å². The molecule has 0 saturated heterocycles. The first-order valence-corrected chi connectivity index (χ1v) is 6.14. The van der Waals surface area contributed by atoms with Crippen molar-refractivity contribution in [2.24, 2.45) is 12.8 Å². The second kappa shape index (κ2) is 7.25. The molecule has 0 fully saturated rings. The van der Waals surface area contributed by atoms with Crippen molar-refractivity contribution in [3.8, 4) is 0 Å². The second-order valence-electron chi connectivity index (χ2n) is 3.29. The quantitative estimate of drug-likeness (QED) is 0.488. The molecule has 0 aliphatic carbocycles. The van der Waals surface area contributed by atoms with Gasteiger partial charge in [0.2, 0.25) is 5.91 Å². The Balaban J connectivity index is 2.34. The van der Waals surface area contributed by atoms with Gasteiger partial charge in [-0.05, 0) is 0 Å². The van der Waals surface area contributed by atoms with Gasteiger partial charge in [0.05, 0.1) is 18.9 Å². The van der Waals surface area contributed by atoms with Crippen LogP contribution >= 0.6 is 11.8 Å². The largest absolute Gasteiger partial charge is 0.383 e. The fourth-order valence-electron chi connectivity index (χ4n) is 1.12. The Hall–Kier alpha value is -1.12. The maximum absolute atomic E-state index is 11.4. The molecule has 0 spiro atoms. The van der Waals surface area contributed by atoms with Crippen molar-refractivity contribution < 1.29 is 9.53 Å². The zero-order chi connectivity index (χ0) is 12.7. The summed E-state index contributed by atoms with van der Waals surface area (Å²) in [5.74, 6) is 0.955. The van der Waals surface area contributed by atoms with Gasteiger partial charge in [-0.3, -0.25) is 4.79 Å². The second-order valence-corrected chi connectivity index (χ2v) is 4.24. The lowest BCUT2D eigenvalue weighted by molar-refractivity contribution is -0.118. The number of hydrogen-bond acceptors (Lipinski definition) is 6. The number of hydrogen-bond donors (Lipinski definition) is 2. The summed E-state index contributed by atoms with van der Waals surface area (Å²) in [6, 6.07) is 0. The molecular weight excluding hydrogens is 242 g/mol. The van der Waals surface area contributed by atoms with E-state index < -0.39 is 0 Å². The number of nitrogens with zero attached hydrogens (tertiary/aromatic N) is 3. The SMILES string of the molecule is COCCNC(=O)CSc1nnc(CN)n1C. The predicted molar refractivity (Wildman–Crippen MR) is 64.5 cm³/mol. The summed E-state index contributed by atoms with van der Waals surface area (Å²) in [6.07, 6.45) is 0. The van der Waals surface area contributed by atoms with Crippen LogP contribution in [0.2, 0.25) is 0 Å². The minimum absolute atomic E-state index is 0.0515. The van der Waals surface area contributed by atoms with E-state index in [2.05, 4.69) is 15.5 Å². The number of thioether (sulfide) groups is 1. The van der Waals surface area contributed by atoms with Gasteiger partial charge in [-0.25, -0.2) is 0 Å². The van der Waals surface area contributed by atoms with Gasteiger partial charge < -0.3 is 20.4 Å². The molecule has 17 heavy (non-hydrogen) atoms. The van der Waals surface area contributed by atoms with Crippen LogP contribution in [0.5, 0.6) is 0 Å². The molecule has 1 aromatic rings. The molecule has 1 amide bonds. The number of carbonyl (C=O) groups excluding carboxylic acids is 1. The van der Waals surface area contributed by atoms with Crippen molar-refractivity contribution in [1.29, 1.82) is 0 Å². The summed E-state index contributed by atoms with van der Waals surface area (Å²) < 4.78 is 6.61. The van der Waals surface area contributed by atoms with Crippen LogP contribution in [0.3, 0.4) is 0 Å². The zero-order valence-corrected chi connectivity index (χ0v) is 10.8. The Labute approximate surface area is 104 Å². The van der Waals surface area contributed by atoms with Gasteiger partial charge in [-0.2, -0.15) is 0 Å². The number of nitrogens with one attached hydrogen (secondary N) is 1. The highest BCUT2D eigenvalue weighted by Crippen LogP contribution is 2.14. The molecule has 0 radical (unpaired) electrons. The van der Waals surface area contributed by atoms with E-state index in [4.69, 9.17) is 10.5 Å². The van der Waals surface area contributed by atoms with Gasteiger partial charge in [-0.15, -0.1) is 10.2 Å². The zero-order valence-electron chi connectivity index (χ0n) is 9.97. The Morgan fingerprint density at radius 3 is 2.94 bits per heavy atom. The van der Waals surface area contributed by atoms with Gasteiger partial charge in [0.15, 0.2) is 5.16 Å². The molecule has 7 nitrogen and oxygen atoms in total. The van der Waals surface area contributed by atoms with Crippen molar-refractivity contribution in [3.63, 3.8) is 0 Å². The highest BCUT2D eigenvalue weighted by atomic mass is 32.2. The van der Waals surface area contributed by atoms with Gasteiger partial charge in [-0.1, -0.05) is 11.8 Å². The molecule has 3 N–H and O–H groups in total. The van der Waals surface area contributed by atoms with Crippen LogP contribution in [0, 0.1) is 0 Å². The van der Waals surface area contributed by atoms with Crippen LogP contribution in [0.4, 0.5) is 0 Å². The Bertz CT molecular complexity index is 368. The molecule has 0 bridgehead atoms. The van der Waals surface area contributed by atoms with Crippen LogP contribution < -0.4 is 11.1 Å². The van der Waals surface area contributed by atoms with E-state index in [9.17, 15) is 4.79 Å². The van der Waals surface area contributed by atoms with E-state index in [-0.39, 0.29) is 5.91 Å². The maximum Gasteiger partial charge on any atom is 0.230 e. The molecule has 1 heterocycles. The Morgan fingerprint density at radius 1 is 1.59 bits per heavy atom. The molecule has 0 aliphatic heterocycles. The summed E-state index contributed by atoms with van der Waals surface area (Å²) in [5.41, 5.74) is 5.48. The van der Waals surface area contributed by atoms with Crippen molar-refractivity contribution in [2.75, 3.05) is 26.0 Å². The fraction of sp³-hybridized carbons (Fsp3) is 0.667. The summed E-state index contributed by atoms with van der Waals surface area (Å²) in [4.78, 5) is 11.4. The molecule has 96 valence electrons. The minimum Gasteiger partial charge on any atom is -0.383 e. The number of nitrogens with two attached hydrogens (primary N) is 1. The van der Waals surface area contributed by atoms with Crippen LogP contribution in [0.25, 0.3) is 0 Å². The summed E-state index contributed by atoms with van der Waals surface area (Å²) in [7, 11) is 3.42. The molecule has 1 aromatic heterocycles. The van der Waals surface area contributed by atoms with Crippen LogP contribution in [-0.4, -0.2) is 46.7 Å². The van der Waals surface area contributed by atoms with E-state index in [1.165, 1.54) is 11.8 Å². The minimum atomic E-state index is -0.0515. The van der Waals surface area contributed by atoms with E-state index in [0.717, 1.165) is 0 Å². The molecule has 0 atom stereocenters. The first-order valence-electron chi connectivity index (χ1n) is 5.15. The molecule has 0 aromatic carbocycles. The first-order chi connectivity index (χ1) is 8.19. The van der Waals surface area contributed by atoms with E-state index >= 15 is 0 Å². The van der Waals surface area contributed by atoms with Gasteiger partial charge >= 0.3 is 0 Å². The Morgan fingerprint density at radius 2 is 2.35 bits per heavy atom. The third-order valence-electron chi connectivity index (χ3n) is 2.07. The third kappa shape index (κ3) is 4.33. The number of amides is 1. The lowest BCUT2D eigenvalue weighted by Gasteiger charge is -2.04. The number of methoxy groups -OCH3 is 1. The van der Waals surface area contributed by atoms with Crippen molar-refractivity contribution in [2.45, 2.75) is 11.7 Å². The summed E-state index contributed by atoms with van der Waals surface area (Å²) in [6.45, 7) is 1.37. The lowest BCUT2D eigenvalue weighted by Crippen LogP contribution is -2.28. The molecule has 0 unspecified atom stereocenters. The lowest BCUT2D eigenvalue weighted by atomic mass is 10.6. The van der Waals surface area contributed by atoms with E-state index in [1.807, 2.05) is 7.05 Å². The standard InChI is InChI=1S/C9H17N5O2S/c1-14-7(5-10)12-13-9(14)17-6-8(15)11-3-4-16-2/h3-6,10H2,1-2H3,(H,11,15). The monoisotopic (exact) mass is 259 g/mol. The molecule has 0 saturated carbocycles. The number of ether oxygens (including phenoxy) is 1. The van der Waals surface area contributed by atoms with E-state index in [0.29, 0.717) is 36.4 Å². The van der Waals surface area contributed by atoms with Gasteiger partial charge in [0, 0.05) is 20.7 Å². The fourth-order valence-corrected chi connectivity index (χ4v) is 1.88. The van der Waals surface area contributed by atoms with Gasteiger partial charge in [0.1, 0.15) is 5.82 Å². The maximum atomic E-state index is 11.4. The average molecular weight is 259 g/mol. The molecule has 0 aliphatic rings. The van der Waals surface area contributed by atoms with Crippen LogP contribution in [0.15, 0.2) is 5.16 Å². The number of rotatable bonds is 7. The molecular formula is C9H17N5O2S. The van der Waals surface area contributed by atoms with Crippen molar-refractivity contribution in [3.05, 3.63) is 5.82 Å². The first kappa shape index (κ1) is 13.9. The summed E-state index contributed by atoms with van der Waals surface area (Å²) >= 11 is 1.33. The topological polar surface area (TPSA) is 95.1 Å². The van der Waals surface area contributed by atoms with Crippen LogP contribution in [-0.2, 0) is 23.1 Å². The average Bonchev–Trinajstić information content (AvgIpc) is 2.68. The normalized spacial score (nSPS) is 10.5.